The van der Waals surface area contributed by atoms with Gasteiger partial charge >= 0.3 is 0 Å². The van der Waals surface area contributed by atoms with Crippen LogP contribution in [0.15, 0.2) is 46.7 Å². The maximum absolute atomic E-state index is 4.02. The van der Waals surface area contributed by atoms with Crippen LogP contribution in [0.2, 0.25) is 0 Å². The van der Waals surface area contributed by atoms with Gasteiger partial charge in [-0.05, 0) is 35.3 Å². The zero-order valence-electron chi connectivity index (χ0n) is 9.29. The van der Waals surface area contributed by atoms with E-state index in [1.165, 1.54) is 4.91 Å². The largest absolute Gasteiger partial charge is 0.0958 e. The predicted octanol–water partition coefficient (Wildman–Crippen LogP) is 3.05. The second-order valence-electron chi connectivity index (χ2n) is 3.31. The van der Waals surface area contributed by atoms with Crippen molar-refractivity contribution in [3.63, 3.8) is 0 Å². The lowest BCUT2D eigenvalue weighted by Gasteiger charge is -1.99. The van der Waals surface area contributed by atoms with Gasteiger partial charge in [-0.1, -0.05) is 55.3 Å². The van der Waals surface area contributed by atoms with E-state index in [0.29, 0.717) is 0 Å². The lowest BCUT2D eigenvalue weighted by atomic mass is 10.2. The van der Waals surface area contributed by atoms with Crippen molar-refractivity contribution in [1.29, 1.82) is 0 Å². The van der Waals surface area contributed by atoms with Crippen molar-refractivity contribution in [1.82, 2.24) is 0 Å². The van der Waals surface area contributed by atoms with Crippen LogP contribution in [0.1, 0.15) is 13.8 Å². The Bertz CT molecular complexity index is 480. The van der Waals surface area contributed by atoms with Crippen LogP contribution in [0.3, 0.4) is 0 Å². The van der Waals surface area contributed by atoms with E-state index in [-0.39, 0.29) is 0 Å². The summed E-state index contributed by atoms with van der Waals surface area (Å²) in [5, 5.41) is 2.18. The van der Waals surface area contributed by atoms with E-state index in [4.69, 9.17) is 0 Å². The highest BCUT2D eigenvalue weighted by atomic mass is 32.2. The van der Waals surface area contributed by atoms with E-state index >= 15 is 0 Å². The summed E-state index contributed by atoms with van der Waals surface area (Å²) in [5.41, 5.74) is 0. The van der Waals surface area contributed by atoms with Gasteiger partial charge in [0.1, 0.15) is 0 Å². The quantitative estimate of drug-likeness (QED) is 0.748. The Morgan fingerprint density at radius 3 is 2.60 bits per heavy atom. The van der Waals surface area contributed by atoms with E-state index in [9.17, 15) is 0 Å². The number of allylic oxidation sites excluding steroid dienone is 3. The molecular weight excluding hydrogens is 200 g/mol. The summed E-state index contributed by atoms with van der Waals surface area (Å²) in [6.07, 6.45) is 4.15. The van der Waals surface area contributed by atoms with E-state index in [1.54, 1.807) is 11.8 Å². The van der Waals surface area contributed by atoms with Gasteiger partial charge in [-0.3, -0.25) is 0 Å². The predicted molar refractivity (Wildman–Crippen MR) is 71.8 cm³/mol. The van der Waals surface area contributed by atoms with Crippen LogP contribution < -0.4 is 10.4 Å². The SMILES string of the molecule is C=C(/C=c1/ccccc1=C)S/C(C)=C/C. The second kappa shape index (κ2) is 5.62. The Balaban J connectivity index is 2.95. The Morgan fingerprint density at radius 2 is 2.00 bits per heavy atom. The molecule has 78 valence electrons. The average molecular weight is 216 g/mol. The van der Waals surface area contributed by atoms with Gasteiger partial charge in [0.05, 0.1) is 0 Å². The molecule has 0 fully saturated rings. The molecule has 1 aromatic rings. The second-order valence-corrected chi connectivity index (χ2v) is 4.68. The monoisotopic (exact) mass is 216 g/mol. The molecule has 0 heterocycles. The van der Waals surface area contributed by atoms with E-state index in [2.05, 4.69) is 38.3 Å². The number of thioether (sulfide) groups is 1. The first-order valence-electron chi connectivity index (χ1n) is 4.89. The highest BCUT2D eigenvalue weighted by molar-refractivity contribution is 8.07. The van der Waals surface area contributed by atoms with Crippen LogP contribution in [-0.4, -0.2) is 0 Å². The molecule has 0 aliphatic heterocycles. The molecule has 1 heteroatoms. The Morgan fingerprint density at radius 1 is 1.33 bits per heavy atom. The number of hydrogen-bond donors (Lipinski definition) is 0. The standard InChI is InChI=1S/C14H16S/c1-5-12(3)15-13(4)10-14-9-7-6-8-11(14)2/h5-10H,2,4H2,1,3H3/b12-5+,14-10-. The van der Waals surface area contributed by atoms with Crippen molar-refractivity contribution in [2.45, 2.75) is 13.8 Å². The molecule has 0 amide bonds. The first kappa shape index (κ1) is 11.9. The van der Waals surface area contributed by atoms with Gasteiger partial charge < -0.3 is 0 Å². The van der Waals surface area contributed by atoms with E-state index in [0.717, 1.165) is 15.3 Å². The van der Waals surface area contributed by atoms with Crippen molar-refractivity contribution in [2.75, 3.05) is 0 Å². The first-order valence-corrected chi connectivity index (χ1v) is 5.70. The smallest absolute Gasteiger partial charge is 0.00526 e. The van der Waals surface area contributed by atoms with Crippen molar-refractivity contribution in [2.24, 2.45) is 0 Å². The normalized spacial score (nSPS) is 12.9. The Hall–Kier alpha value is -1.21. The summed E-state index contributed by atoms with van der Waals surface area (Å²) in [6.45, 7) is 12.1. The van der Waals surface area contributed by atoms with Crippen LogP contribution in [0.25, 0.3) is 12.7 Å². The van der Waals surface area contributed by atoms with Crippen molar-refractivity contribution in [3.05, 3.63) is 57.2 Å². The lowest BCUT2D eigenvalue weighted by molar-refractivity contribution is 1.53. The van der Waals surface area contributed by atoms with Gasteiger partial charge in [-0.25, -0.2) is 0 Å². The molecule has 0 aliphatic carbocycles. The van der Waals surface area contributed by atoms with Gasteiger partial charge in [0.25, 0.3) is 0 Å². The van der Waals surface area contributed by atoms with E-state index < -0.39 is 0 Å². The minimum atomic E-state index is 1.04. The molecule has 15 heavy (non-hydrogen) atoms. The molecule has 0 spiro atoms. The highest BCUT2D eigenvalue weighted by Gasteiger charge is 1.92. The molecule has 0 aliphatic rings. The molecule has 0 saturated carbocycles. The van der Waals surface area contributed by atoms with Gasteiger partial charge in [-0.2, -0.15) is 0 Å². The Kier molecular flexibility index (Phi) is 4.44. The van der Waals surface area contributed by atoms with Crippen LogP contribution in [0.4, 0.5) is 0 Å². The first-order chi connectivity index (χ1) is 7.13. The van der Waals surface area contributed by atoms with Gasteiger partial charge in [0.2, 0.25) is 0 Å². The number of hydrogen-bond acceptors (Lipinski definition) is 1. The third-order valence-corrected chi connectivity index (χ3v) is 3.01. The third-order valence-electron chi connectivity index (χ3n) is 2.07. The lowest BCUT2D eigenvalue weighted by Crippen LogP contribution is -2.21. The fourth-order valence-electron chi connectivity index (χ4n) is 1.14. The molecule has 0 atom stereocenters. The molecular formula is C14H16S. The molecule has 0 N–H and O–H groups in total. The summed E-state index contributed by atoms with van der Waals surface area (Å²) in [7, 11) is 0. The maximum Gasteiger partial charge on any atom is 0.00526 e. The van der Waals surface area contributed by atoms with Crippen LogP contribution in [0.5, 0.6) is 0 Å². The zero-order chi connectivity index (χ0) is 11.3. The average Bonchev–Trinajstić information content (AvgIpc) is 2.21. The fourth-order valence-corrected chi connectivity index (χ4v) is 1.86. The van der Waals surface area contributed by atoms with Gasteiger partial charge in [-0.15, -0.1) is 0 Å². The van der Waals surface area contributed by atoms with Crippen molar-refractivity contribution < 1.29 is 0 Å². The summed E-state index contributed by atoms with van der Waals surface area (Å²) in [6, 6.07) is 8.07. The van der Waals surface area contributed by atoms with E-state index in [1.807, 2.05) is 25.1 Å². The van der Waals surface area contributed by atoms with Crippen molar-refractivity contribution >= 4 is 24.4 Å². The Labute approximate surface area is 95.7 Å². The van der Waals surface area contributed by atoms with Gasteiger partial charge in [0, 0.05) is 4.91 Å². The minimum Gasteiger partial charge on any atom is -0.0958 e. The summed E-state index contributed by atoms with van der Waals surface area (Å²) >= 11 is 1.69. The van der Waals surface area contributed by atoms with Gasteiger partial charge in [0.15, 0.2) is 0 Å². The third kappa shape index (κ3) is 3.80. The molecule has 1 rings (SSSR count). The maximum atomic E-state index is 4.02. The summed E-state index contributed by atoms with van der Waals surface area (Å²) in [4.78, 5) is 2.31. The molecule has 0 radical (unpaired) electrons. The molecule has 0 bridgehead atoms. The number of rotatable bonds is 3. The molecule has 0 saturated heterocycles. The minimum absolute atomic E-state index is 1.04. The molecule has 0 unspecified atom stereocenters. The van der Waals surface area contributed by atoms with Crippen LogP contribution in [0, 0.1) is 0 Å². The van der Waals surface area contributed by atoms with Crippen LogP contribution >= 0.6 is 11.8 Å². The molecule has 0 aromatic heterocycles. The molecule has 1 aromatic carbocycles. The molecule has 0 nitrogen and oxygen atoms in total. The van der Waals surface area contributed by atoms with Crippen molar-refractivity contribution in [3.8, 4) is 0 Å². The summed E-state index contributed by atoms with van der Waals surface area (Å²) in [5.74, 6) is 0. The highest BCUT2D eigenvalue weighted by Crippen LogP contribution is 2.23. The zero-order valence-corrected chi connectivity index (χ0v) is 10.1. The number of benzene rings is 1. The topological polar surface area (TPSA) is 0 Å². The van der Waals surface area contributed by atoms with Crippen LogP contribution in [-0.2, 0) is 0 Å². The fraction of sp³-hybridized carbons (Fsp3) is 0.143. The summed E-state index contributed by atoms with van der Waals surface area (Å²) < 4.78 is 0.